The summed E-state index contributed by atoms with van der Waals surface area (Å²) in [6, 6.07) is 8.56. The number of para-hydroxylation sites is 1. The topological polar surface area (TPSA) is 83.8 Å². The number of nitro benzene ring substituents is 1. The molecule has 0 unspecified atom stereocenters. The number of aromatic amines is 1. The normalized spacial score (nSPS) is 10.4. The maximum absolute atomic E-state index is 10.8. The van der Waals surface area contributed by atoms with E-state index in [9.17, 15) is 10.1 Å². The molecule has 0 radical (unpaired) electrons. The van der Waals surface area contributed by atoms with Gasteiger partial charge in [0.05, 0.1) is 4.92 Å². The molecular weight excluding hydrogens is 220 g/mol. The minimum Gasteiger partial charge on any atom is -0.307 e. The summed E-state index contributed by atoms with van der Waals surface area (Å²) in [5, 5.41) is 20.5. The zero-order valence-electron chi connectivity index (χ0n) is 9.09. The van der Waals surface area contributed by atoms with Gasteiger partial charge in [-0.05, 0) is 6.07 Å². The van der Waals surface area contributed by atoms with E-state index in [0.29, 0.717) is 18.7 Å². The van der Waals surface area contributed by atoms with Crippen LogP contribution in [0.15, 0.2) is 36.5 Å². The van der Waals surface area contributed by atoms with Crippen molar-refractivity contribution in [3.05, 3.63) is 57.9 Å². The summed E-state index contributed by atoms with van der Waals surface area (Å²) in [6.45, 7) is 1.06. The van der Waals surface area contributed by atoms with Crippen molar-refractivity contribution in [2.75, 3.05) is 0 Å². The number of hydrogen-bond donors (Lipinski definition) is 2. The second-order valence-corrected chi connectivity index (χ2v) is 3.57. The summed E-state index contributed by atoms with van der Waals surface area (Å²) in [4.78, 5) is 10.4. The molecule has 2 aromatic rings. The van der Waals surface area contributed by atoms with Crippen LogP contribution in [0.2, 0.25) is 0 Å². The molecule has 1 heterocycles. The first-order chi connectivity index (χ1) is 8.27. The molecule has 0 aliphatic heterocycles. The quantitative estimate of drug-likeness (QED) is 0.606. The van der Waals surface area contributed by atoms with Gasteiger partial charge in [0.1, 0.15) is 0 Å². The first-order valence-electron chi connectivity index (χ1n) is 5.18. The van der Waals surface area contributed by atoms with Crippen LogP contribution in [0.1, 0.15) is 11.3 Å². The van der Waals surface area contributed by atoms with Gasteiger partial charge in [0.15, 0.2) is 0 Å². The SMILES string of the molecule is O=[N+]([O-])c1ccccc1CNCc1ccn[nH]1. The number of hydrogen-bond acceptors (Lipinski definition) is 4. The number of benzene rings is 1. The van der Waals surface area contributed by atoms with E-state index >= 15 is 0 Å². The summed E-state index contributed by atoms with van der Waals surface area (Å²) in [7, 11) is 0. The molecule has 0 saturated carbocycles. The molecule has 6 nitrogen and oxygen atoms in total. The van der Waals surface area contributed by atoms with E-state index in [-0.39, 0.29) is 10.6 Å². The van der Waals surface area contributed by atoms with E-state index in [2.05, 4.69) is 15.5 Å². The van der Waals surface area contributed by atoms with Crippen molar-refractivity contribution < 1.29 is 4.92 Å². The largest absolute Gasteiger partial charge is 0.307 e. The van der Waals surface area contributed by atoms with Crippen LogP contribution in [0.4, 0.5) is 5.69 Å². The highest BCUT2D eigenvalue weighted by Crippen LogP contribution is 2.17. The molecule has 0 aliphatic rings. The van der Waals surface area contributed by atoms with E-state index in [0.717, 1.165) is 5.69 Å². The molecular formula is C11H12N4O2. The van der Waals surface area contributed by atoms with Gasteiger partial charge >= 0.3 is 0 Å². The maximum Gasteiger partial charge on any atom is 0.273 e. The van der Waals surface area contributed by atoms with Crippen LogP contribution in [-0.2, 0) is 13.1 Å². The average Bonchev–Trinajstić information content (AvgIpc) is 2.82. The first-order valence-corrected chi connectivity index (χ1v) is 5.18. The second kappa shape index (κ2) is 5.22. The molecule has 0 bridgehead atoms. The molecule has 2 rings (SSSR count). The molecule has 0 amide bonds. The molecule has 17 heavy (non-hydrogen) atoms. The van der Waals surface area contributed by atoms with E-state index < -0.39 is 0 Å². The monoisotopic (exact) mass is 232 g/mol. The molecule has 0 fully saturated rings. The fraction of sp³-hybridized carbons (Fsp3) is 0.182. The highest BCUT2D eigenvalue weighted by atomic mass is 16.6. The standard InChI is InChI=1S/C11H12N4O2/c16-15(17)11-4-2-1-3-9(11)7-12-8-10-5-6-13-14-10/h1-6,12H,7-8H2,(H,13,14). The lowest BCUT2D eigenvalue weighted by Crippen LogP contribution is -2.14. The Kier molecular flexibility index (Phi) is 3.46. The van der Waals surface area contributed by atoms with Gasteiger partial charge in [0, 0.05) is 36.6 Å². The minimum atomic E-state index is -0.368. The zero-order chi connectivity index (χ0) is 12.1. The van der Waals surface area contributed by atoms with Crippen molar-refractivity contribution >= 4 is 5.69 Å². The van der Waals surface area contributed by atoms with Crippen LogP contribution in [0.5, 0.6) is 0 Å². The number of nitrogens with zero attached hydrogens (tertiary/aromatic N) is 2. The van der Waals surface area contributed by atoms with Crippen molar-refractivity contribution in [2.45, 2.75) is 13.1 Å². The van der Waals surface area contributed by atoms with Gasteiger partial charge in [-0.1, -0.05) is 18.2 Å². The number of H-pyrrole nitrogens is 1. The van der Waals surface area contributed by atoms with E-state index in [1.54, 1.807) is 24.4 Å². The van der Waals surface area contributed by atoms with Crippen molar-refractivity contribution in [3.8, 4) is 0 Å². The average molecular weight is 232 g/mol. The molecule has 0 saturated heterocycles. The number of nitro groups is 1. The fourth-order valence-corrected chi connectivity index (χ4v) is 1.55. The van der Waals surface area contributed by atoms with Gasteiger partial charge in [0.2, 0.25) is 0 Å². The molecule has 2 N–H and O–H groups in total. The second-order valence-electron chi connectivity index (χ2n) is 3.57. The lowest BCUT2D eigenvalue weighted by Gasteiger charge is -2.04. The molecule has 0 atom stereocenters. The highest BCUT2D eigenvalue weighted by molar-refractivity contribution is 5.39. The van der Waals surface area contributed by atoms with Crippen molar-refractivity contribution in [3.63, 3.8) is 0 Å². The Bertz CT molecular complexity index is 496. The summed E-state index contributed by atoms with van der Waals surface area (Å²) in [6.07, 6.45) is 1.67. The lowest BCUT2D eigenvalue weighted by molar-refractivity contribution is -0.385. The van der Waals surface area contributed by atoms with Crippen LogP contribution in [0.25, 0.3) is 0 Å². The number of nitrogens with one attached hydrogen (secondary N) is 2. The fourth-order valence-electron chi connectivity index (χ4n) is 1.55. The molecule has 0 aliphatic carbocycles. The Labute approximate surface area is 97.8 Å². The van der Waals surface area contributed by atoms with Crippen LogP contribution < -0.4 is 5.32 Å². The Morgan fingerprint density at radius 2 is 2.12 bits per heavy atom. The molecule has 6 heteroatoms. The molecule has 0 spiro atoms. The van der Waals surface area contributed by atoms with Gasteiger partial charge in [-0.25, -0.2) is 0 Å². The van der Waals surface area contributed by atoms with Gasteiger partial charge in [-0.3, -0.25) is 15.2 Å². The minimum absolute atomic E-state index is 0.143. The Hall–Kier alpha value is -2.21. The summed E-state index contributed by atoms with van der Waals surface area (Å²) in [5.41, 5.74) is 1.77. The third kappa shape index (κ3) is 2.88. The zero-order valence-corrected chi connectivity index (χ0v) is 9.09. The van der Waals surface area contributed by atoms with Crippen LogP contribution in [0, 0.1) is 10.1 Å². The summed E-state index contributed by atoms with van der Waals surface area (Å²) >= 11 is 0. The third-order valence-corrected chi connectivity index (χ3v) is 2.38. The predicted octanol–water partition coefficient (Wildman–Crippen LogP) is 1.61. The Morgan fingerprint density at radius 1 is 1.29 bits per heavy atom. The summed E-state index contributed by atoms with van der Waals surface area (Å²) < 4.78 is 0. The third-order valence-electron chi connectivity index (χ3n) is 2.38. The van der Waals surface area contributed by atoms with Crippen LogP contribution in [0.3, 0.4) is 0 Å². The van der Waals surface area contributed by atoms with Crippen molar-refractivity contribution in [2.24, 2.45) is 0 Å². The van der Waals surface area contributed by atoms with E-state index in [1.807, 2.05) is 6.07 Å². The lowest BCUT2D eigenvalue weighted by atomic mass is 10.2. The Morgan fingerprint density at radius 3 is 2.82 bits per heavy atom. The smallest absolute Gasteiger partial charge is 0.273 e. The number of aromatic nitrogens is 2. The first kappa shape index (κ1) is 11.3. The van der Waals surface area contributed by atoms with Gasteiger partial charge in [-0.2, -0.15) is 5.10 Å². The van der Waals surface area contributed by atoms with E-state index in [1.165, 1.54) is 6.07 Å². The Balaban J connectivity index is 1.97. The molecule has 1 aromatic carbocycles. The maximum atomic E-state index is 10.8. The van der Waals surface area contributed by atoms with Gasteiger partial charge in [-0.15, -0.1) is 0 Å². The van der Waals surface area contributed by atoms with Crippen LogP contribution in [-0.4, -0.2) is 15.1 Å². The summed E-state index contributed by atoms with van der Waals surface area (Å²) in [5.74, 6) is 0. The number of rotatable bonds is 5. The van der Waals surface area contributed by atoms with Crippen molar-refractivity contribution in [1.82, 2.24) is 15.5 Å². The van der Waals surface area contributed by atoms with Crippen molar-refractivity contribution in [1.29, 1.82) is 0 Å². The van der Waals surface area contributed by atoms with E-state index in [4.69, 9.17) is 0 Å². The molecule has 88 valence electrons. The van der Waals surface area contributed by atoms with Crippen LogP contribution >= 0.6 is 0 Å². The highest BCUT2D eigenvalue weighted by Gasteiger charge is 2.11. The molecule has 1 aromatic heterocycles. The van der Waals surface area contributed by atoms with Gasteiger partial charge in [0.25, 0.3) is 5.69 Å². The predicted molar refractivity (Wildman–Crippen MR) is 62.2 cm³/mol. The van der Waals surface area contributed by atoms with Gasteiger partial charge < -0.3 is 5.32 Å².